The maximum absolute atomic E-state index is 12.5. The molecule has 0 bridgehead atoms. The number of rotatable bonds is 4. The molecule has 20 heavy (non-hydrogen) atoms. The van der Waals surface area contributed by atoms with Gasteiger partial charge >= 0.3 is 5.69 Å². The van der Waals surface area contributed by atoms with E-state index < -0.39 is 0 Å². The van der Waals surface area contributed by atoms with Crippen LogP contribution in [0.1, 0.15) is 32.6 Å². The molecule has 7 heteroatoms. The average molecular weight is 279 g/mol. The van der Waals surface area contributed by atoms with Gasteiger partial charge in [0.25, 0.3) is 5.56 Å². The van der Waals surface area contributed by atoms with Crippen LogP contribution in [-0.2, 0) is 20.1 Å². The first-order valence-corrected chi connectivity index (χ1v) is 6.79. The predicted molar refractivity (Wildman–Crippen MR) is 78.1 cm³/mol. The third-order valence-corrected chi connectivity index (χ3v) is 3.45. The van der Waals surface area contributed by atoms with Crippen LogP contribution in [0.4, 0.5) is 0 Å². The van der Waals surface area contributed by atoms with Crippen LogP contribution in [0.15, 0.2) is 9.59 Å². The molecule has 0 saturated heterocycles. The molecule has 2 rings (SSSR count). The van der Waals surface area contributed by atoms with Crippen LogP contribution in [0.5, 0.6) is 0 Å². The van der Waals surface area contributed by atoms with Gasteiger partial charge in [-0.25, -0.2) is 9.78 Å². The molecule has 0 atom stereocenters. The first-order valence-electron chi connectivity index (χ1n) is 6.79. The molecule has 1 N–H and O–H groups in total. The van der Waals surface area contributed by atoms with Crippen LogP contribution < -0.4 is 16.6 Å². The fourth-order valence-electron chi connectivity index (χ4n) is 2.43. The summed E-state index contributed by atoms with van der Waals surface area (Å²) in [6.45, 7) is 6.52. The van der Waals surface area contributed by atoms with Gasteiger partial charge in [0.2, 0.25) is 0 Å². The summed E-state index contributed by atoms with van der Waals surface area (Å²) in [5, 5.41) is 3.02. The van der Waals surface area contributed by atoms with Crippen molar-refractivity contribution < 1.29 is 0 Å². The van der Waals surface area contributed by atoms with Crippen LogP contribution >= 0.6 is 0 Å². The lowest BCUT2D eigenvalue weighted by atomic mass is 10.3. The Morgan fingerprint density at radius 3 is 2.45 bits per heavy atom. The van der Waals surface area contributed by atoms with E-state index >= 15 is 0 Å². The van der Waals surface area contributed by atoms with Crippen molar-refractivity contribution in [2.24, 2.45) is 7.05 Å². The monoisotopic (exact) mass is 279 g/mol. The minimum atomic E-state index is -0.297. The Balaban J connectivity index is 3.00. The Labute approximate surface area is 116 Å². The van der Waals surface area contributed by atoms with E-state index in [2.05, 4.69) is 10.3 Å². The third kappa shape index (κ3) is 1.98. The lowest BCUT2D eigenvalue weighted by Gasteiger charge is -2.13. The Morgan fingerprint density at radius 1 is 1.30 bits per heavy atom. The van der Waals surface area contributed by atoms with Gasteiger partial charge in [0, 0.05) is 19.6 Å². The van der Waals surface area contributed by atoms with Gasteiger partial charge in [0.15, 0.2) is 11.2 Å². The summed E-state index contributed by atoms with van der Waals surface area (Å²) in [5.41, 5.74) is 0.369. The Bertz CT molecular complexity index is 751. The molecule has 110 valence electrons. The van der Waals surface area contributed by atoms with Gasteiger partial charge in [-0.05, 0) is 27.8 Å². The second-order valence-electron chi connectivity index (χ2n) is 5.09. The first-order chi connectivity index (χ1) is 9.43. The van der Waals surface area contributed by atoms with Gasteiger partial charge in [-0.15, -0.1) is 0 Å². The quantitative estimate of drug-likeness (QED) is 0.868. The van der Waals surface area contributed by atoms with Gasteiger partial charge in [0.1, 0.15) is 5.82 Å². The Kier molecular flexibility index (Phi) is 3.80. The SMILES string of the molecule is CCn1c(=O)c2c(nc(CNC)n2C)n(C(C)C)c1=O. The molecule has 0 aliphatic heterocycles. The zero-order chi connectivity index (χ0) is 15.0. The highest BCUT2D eigenvalue weighted by atomic mass is 16.2. The van der Waals surface area contributed by atoms with Crippen molar-refractivity contribution >= 4 is 11.2 Å². The van der Waals surface area contributed by atoms with Crippen molar-refractivity contribution in [1.29, 1.82) is 0 Å². The van der Waals surface area contributed by atoms with Crippen molar-refractivity contribution in [1.82, 2.24) is 24.0 Å². The van der Waals surface area contributed by atoms with Gasteiger partial charge in [0.05, 0.1) is 6.54 Å². The molecule has 0 aromatic carbocycles. The van der Waals surface area contributed by atoms with Crippen molar-refractivity contribution in [3.8, 4) is 0 Å². The molecule has 2 aromatic heterocycles. The Hall–Kier alpha value is -1.89. The summed E-state index contributed by atoms with van der Waals surface area (Å²) in [6, 6.07) is -0.0549. The van der Waals surface area contributed by atoms with Crippen molar-refractivity contribution in [2.75, 3.05) is 7.05 Å². The second kappa shape index (κ2) is 5.24. The van der Waals surface area contributed by atoms with E-state index in [0.29, 0.717) is 24.3 Å². The topological polar surface area (TPSA) is 73.8 Å². The molecule has 0 spiro atoms. The molecule has 0 aliphatic carbocycles. The van der Waals surface area contributed by atoms with Crippen LogP contribution in [0, 0.1) is 0 Å². The van der Waals surface area contributed by atoms with Crippen molar-refractivity contribution in [2.45, 2.75) is 39.9 Å². The smallest absolute Gasteiger partial charge is 0.324 e. The van der Waals surface area contributed by atoms with Crippen molar-refractivity contribution in [3.63, 3.8) is 0 Å². The molecule has 2 heterocycles. The molecular formula is C13H21N5O2. The third-order valence-electron chi connectivity index (χ3n) is 3.45. The van der Waals surface area contributed by atoms with Gasteiger partial charge in [-0.2, -0.15) is 0 Å². The molecule has 0 fully saturated rings. The Morgan fingerprint density at radius 2 is 1.95 bits per heavy atom. The summed E-state index contributed by atoms with van der Waals surface area (Å²) in [7, 11) is 3.62. The normalized spacial score (nSPS) is 11.7. The molecule has 0 saturated carbocycles. The van der Waals surface area contributed by atoms with Crippen LogP contribution in [0.25, 0.3) is 11.2 Å². The molecule has 7 nitrogen and oxygen atoms in total. The largest absolute Gasteiger partial charge is 0.332 e. The number of nitrogens with zero attached hydrogens (tertiary/aromatic N) is 4. The van der Waals surface area contributed by atoms with Crippen LogP contribution in [-0.4, -0.2) is 25.7 Å². The molecular weight excluding hydrogens is 258 g/mol. The number of aryl methyl sites for hydroxylation is 1. The highest BCUT2D eigenvalue weighted by molar-refractivity contribution is 5.71. The number of aromatic nitrogens is 4. The minimum absolute atomic E-state index is 0.0549. The van der Waals surface area contributed by atoms with E-state index in [1.165, 1.54) is 4.57 Å². The fourth-order valence-corrected chi connectivity index (χ4v) is 2.43. The number of hydrogen-bond donors (Lipinski definition) is 1. The molecule has 0 radical (unpaired) electrons. The van der Waals surface area contributed by atoms with E-state index in [9.17, 15) is 9.59 Å². The maximum Gasteiger partial charge on any atom is 0.332 e. The predicted octanol–water partition coefficient (Wildman–Crippen LogP) is 0.217. The summed E-state index contributed by atoms with van der Waals surface area (Å²) in [4.78, 5) is 29.3. The molecule has 0 unspecified atom stereocenters. The number of fused-ring (bicyclic) bond motifs is 1. The lowest BCUT2D eigenvalue weighted by Crippen LogP contribution is -2.40. The van der Waals surface area contributed by atoms with Gasteiger partial charge in [-0.1, -0.05) is 0 Å². The van der Waals surface area contributed by atoms with Gasteiger partial charge in [-0.3, -0.25) is 13.9 Å². The summed E-state index contributed by atoms with van der Waals surface area (Å²) in [6.07, 6.45) is 0. The molecule has 2 aromatic rings. The lowest BCUT2D eigenvalue weighted by molar-refractivity contribution is 0.533. The summed E-state index contributed by atoms with van der Waals surface area (Å²) < 4.78 is 4.60. The maximum atomic E-state index is 12.5. The first kappa shape index (κ1) is 14.5. The zero-order valence-electron chi connectivity index (χ0n) is 12.6. The zero-order valence-corrected chi connectivity index (χ0v) is 12.6. The standard InChI is InChI=1S/C13H21N5O2/c1-6-17-12(19)10-11(18(8(2)3)13(17)20)15-9(7-14-4)16(10)5/h8,14H,6-7H2,1-5H3. The van der Waals surface area contributed by atoms with E-state index in [1.807, 2.05) is 20.9 Å². The molecule has 0 amide bonds. The summed E-state index contributed by atoms with van der Waals surface area (Å²) >= 11 is 0. The van der Waals surface area contributed by atoms with E-state index in [-0.39, 0.29) is 17.3 Å². The fraction of sp³-hybridized carbons (Fsp3) is 0.615. The van der Waals surface area contributed by atoms with Gasteiger partial charge < -0.3 is 9.88 Å². The molecule has 0 aliphatic rings. The highest BCUT2D eigenvalue weighted by Crippen LogP contribution is 2.13. The minimum Gasteiger partial charge on any atom is -0.324 e. The number of hydrogen-bond acceptors (Lipinski definition) is 4. The van der Waals surface area contributed by atoms with Crippen LogP contribution in [0.3, 0.4) is 0 Å². The van der Waals surface area contributed by atoms with Crippen molar-refractivity contribution in [3.05, 3.63) is 26.7 Å². The van der Waals surface area contributed by atoms with E-state index in [4.69, 9.17) is 0 Å². The highest BCUT2D eigenvalue weighted by Gasteiger charge is 2.20. The second-order valence-corrected chi connectivity index (χ2v) is 5.09. The van der Waals surface area contributed by atoms with Crippen LogP contribution in [0.2, 0.25) is 0 Å². The number of imidazole rings is 1. The average Bonchev–Trinajstić information content (AvgIpc) is 2.67. The van der Waals surface area contributed by atoms with E-state index in [0.717, 1.165) is 5.82 Å². The summed E-state index contributed by atoms with van der Waals surface area (Å²) in [5.74, 6) is 0.738. The number of nitrogens with one attached hydrogen (secondary N) is 1. The van der Waals surface area contributed by atoms with E-state index in [1.54, 1.807) is 23.1 Å².